The van der Waals surface area contributed by atoms with Crippen LogP contribution >= 0.6 is 0 Å². The van der Waals surface area contributed by atoms with Gasteiger partial charge in [0, 0.05) is 12.7 Å². The second-order valence-corrected chi connectivity index (χ2v) is 11.8. The Balaban J connectivity index is 1.84. The quantitative estimate of drug-likeness (QED) is 0.421. The van der Waals surface area contributed by atoms with Gasteiger partial charge in [0.1, 0.15) is 11.9 Å². The van der Waals surface area contributed by atoms with Crippen LogP contribution in [0.5, 0.6) is 5.75 Å². The van der Waals surface area contributed by atoms with E-state index in [1.807, 2.05) is 12.1 Å². The smallest absolute Gasteiger partial charge is 0.236 e. The Labute approximate surface area is 189 Å². The maximum atomic E-state index is 11.2. The lowest BCUT2D eigenvalue weighted by atomic mass is 9.87. The Kier molecular flexibility index (Phi) is 7.63. The van der Waals surface area contributed by atoms with Crippen molar-refractivity contribution >= 4 is 9.76 Å². The zero-order valence-corrected chi connectivity index (χ0v) is 20.7. The first kappa shape index (κ1) is 24.0. The molecule has 1 N–H and O–H groups in total. The van der Waals surface area contributed by atoms with Crippen LogP contribution in [0.3, 0.4) is 0 Å². The minimum absolute atomic E-state index is 0.137. The highest BCUT2D eigenvalue weighted by molar-refractivity contribution is 6.31. The van der Waals surface area contributed by atoms with Gasteiger partial charge in [0.15, 0.2) is 6.79 Å². The molecule has 0 aliphatic heterocycles. The third-order valence-electron chi connectivity index (χ3n) is 5.64. The third-order valence-corrected chi connectivity index (χ3v) is 6.86. The predicted molar refractivity (Wildman–Crippen MR) is 126 cm³/mol. The summed E-state index contributed by atoms with van der Waals surface area (Å²) in [6.07, 6.45) is 3.76. The summed E-state index contributed by atoms with van der Waals surface area (Å²) in [5.41, 5.74) is 5.00. The molecule has 1 atom stereocenters. The number of hydrogen-bond donors (Lipinski definition) is 1. The summed E-state index contributed by atoms with van der Waals surface area (Å²) in [7, 11) is 2.02. The molecule has 2 aromatic rings. The molecule has 0 saturated heterocycles. The van der Waals surface area contributed by atoms with Crippen LogP contribution < -0.4 is 4.74 Å². The summed E-state index contributed by atoms with van der Waals surface area (Å²) in [6.45, 7) is 10.9. The van der Waals surface area contributed by atoms with Crippen molar-refractivity contribution in [3.05, 3.63) is 64.2 Å². The number of ether oxygens (including phenoxy) is 2. The fourth-order valence-corrected chi connectivity index (χ4v) is 4.51. The number of rotatable bonds is 8. The molecule has 0 amide bonds. The van der Waals surface area contributed by atoms with E-state index in [0.717, 1.165) is 29.5 Å². The molecule has 31 heavy (non-hydrogen) atoms. The van der Waals surface area contributed by atoms with Gasteiger partial charge in [-0.1, -0.05) is 45.0 Å². The molecule has 0 saturated carbocycles. The molecule has 5 heteroatoms. The Hall–Kier alpha value is -1.66. The monoisotopic (exact) mass is 440 g/mol. The van der Waals surface area contributed by atoms with Crippen LogP contribution in [0.4, 0.5) is 0 Å². The van der Waals surface area contributed by atoms with Gasteiger partial charge in [-0.3, -0.25) is 0 Å². The number of fused-ring (bicyclic) bond motifs is 1. The first-order valence-electron chi connectivity index (χ1n) is 11.1. The summed E-state index contributed by atoms with van der Waals surface area (Å²) in [4.78, 5) is 0. The van der Waals surface area contributed by atoms with E-state index in [1.165, 1.54) is 24.0 Å². The van der Waals surface area contributed by atoms with Gasteiger partial charge >= 0.3 is 0 Å². The van der Waals surface area contributed by atoms with E-state index < -0.39 is 6.10 Å². The van der Waals surface area contributed by atoms with Gasteiger partial charge < -0.3 is 19.0 Å². The SMILES string of the molecule is COCOc1cc2c(cc1C(O)c1ccc(C(C)(C)O[Si]C(C)(C)C)cc1)CCCC2. The fraction of sp³-hybridized carbons (Fsp3) is 0.538. The summed E-state index contributed by atoms with van der Waals surface area (Å²) in [6, 6.07) is 12.3. The minimum atomic E-state index is -0.756. The molecule has 0 bridgehead atoms. The van der Waals surface area contributed by atoms with Crippen LogP contribution in [0.25, 0.3) is 0 Å². The summed E-state index contributed by atoms with van der Waals surface area (Å²) in [5, 5.41) is 11.4. The number of aliphatic hydroxyl groups excluding tert-OH is 1. The van der Waals surface area contributed by atoms with Gasteiger partial charge in [-0.2, -0.15) is 0 Å². The summed E-state index contributed by atoms with van der Waals surface area (Å²) < 4.78 is 17.2. The molecule has 1 unspecified atom stereocenters. The largest absolute Gasteiger partial charge is 0.467 e. The van der Waals surface area contributed by atoms with Gasteiger partial charge in [0.05, 0.1) is 5.60 Å². The van der Waals surface area contributed by atoms with Crippen molar-refractivity contribution in [3.8, 4) is 5.75 Å². The average molecular weight is 441 g/mol. The number of methoxy groups -OCH3 is 1. The van der Waals surface area contributed by atoms with Crippen molar-refractivity contribution in [2.45, 2.75) is 77.0 Å². The first-order valence-corrected chi connectivity index (χ1v) is 12.0. The van der Waals surface area contributed by atoms with Crippen LogP contribution in [-0.4, -0.2) is 28.8 Å². The van der Waals surface area contributed by atoms with E-state index in [0.29, 0.717) is 15.5 Å². The average Bonchev–Trinajstić information content (AvgIpc) is 2.75. The van der Waals surface area contributed by atoms with Gasteiger partial charge in [-0.15, -0.1) is 0 Å². The van der Waals surface area contributed by atoms with Crippen LogP contribution in [0.15, 0.2) is 36.4 Å². The molecule has 1 aliphatic carbocycles. The molecule has 168 valence electrons. The second-order valence-electron chi connectivity index (χ2n) is 9.91. The molecule has 0 heterocycles. The third kappa shape index (κ3) is 6.19. The normalized spacial score (nSPS) is 15.5. The summed E-state index contributed by atoms with van der Waals surface area (Å²) >= 11 is 0. The van der Waals surface area contributed by atoms with E-state index in [1.54, 1.807) is 7.11 Å². The van der Waals surface area contributed by atoms with Crippen LogP contribution in [0.1, 0.15) is 81.4 Å². The van der Waals surface area contributed by atoms with Crippen molar-refractivity contribution in [1.82, 2.24) is 0 Å². The maximum Gasteiger partial charge on any atom is 0.236 e. The molecule has 3 rings (SSSR count). The van der Waals surface area contributed by atoms with Gasteiger partial charge in [-0.25, -0.2) is 0 Å². The highest BCUT2D eigenvalue weighted by atomic mass is 28.2. The van der Waals surface area contributed by atoms with Crippen LogP contribution in [0.2, 0.25) is 5.04 Å². The lowest BCUT2D eigenvalue weighted by Gasteiger charge is -2.30. The number of benzene rings is 2. The molecule has 4 nitrogen and oxygen atoms in total. The Morgan fingerprint density at radius 1 is 0.968 bits per heavy atom. The van der Waals surface area contributed by atoms with E-state index in [2.05, 4.69) is 58.9 Å². The minimum Gasteiger partial charge on any atom is -0.467 e. The Bertz CT molecular complexity index is 868. The number of aliphatic hydroxyl groups is 1. The molecule has 1 aliphatic rings. The van der Waals surface area contributed by atoms with E-state index in [-0.39, 0.29) is 17.4 Å². The standard InChI is InChI=1S/C26H36O4Si/c1-25(2,3)31-30-26(4,5)21-13-11-18(12-14-21)24(27)22-15-19-9-7-8-10-20(19)16-23(22)29-17-28-6/h11-16,24,27H,7-10,17H2,1-6H3. The van der Waals surface area contributed by atoms with Gasteiger partial charge in [0.25, 0.3) is 0 Å². The van der Waals surface area contributed by atoms with Crippen molar-refractivity contribution < 1.29 is 19.0 Å². The fourth-order valence-electron chi connectivity index (χ4n) is 3.83. The van der Waals surface area contributed by atoms with Crippen LogP contribution in [0, 0.1) is 0 Å². The molecule has 0 fully saturated rings. The lowest BCUT2D eigenvalue weighted by molar-refractivity contribution is 0.0487. The lowest BCUT2D eigenvalue weighted by Crippen LogP contribution is -2.27. The van der Waals surface area contributed by atoms with E-state index in [9.17, 15) is 5.11 Å². The second kappa shape index (κ2) is 9.86. The molecular weight excluding hydrogens is 404 g/mol. The van der Waals surface area contributed by atoms with Crippen molar-refractivity contribution in [2.75, 3.05) is 13.9 Å². The van der Waals surface area contributed by atoms with Gasteiger partial charge in [-0.05, 0) is 79.0 Å². The molecule has 2 aromatic carbocycles. The predicted octanol–water partition coefficient (Wildman–Crippen LogP) is 5.72. The highest BCUT2D eigenvalue weighted by Crippen LogP contribution is 2.36. The van der Waals surface area contributed by atoms with Crippen molar-refractivity contribution in [3.63, 3.8) is 0 Å². The molecule has 0 spiro atoms. The highest BCUT2D eigenvalue weighted by Gasteiger charge is 2.26. The first-order chi connectivity index (χ1) is 14.6. The topological polar surface area (TPSA) is 47.9 Å². The van der Waals surface area contributed by atoms with E-state index in [4.69, 9.17) is 13.9 Å². The number of aryl methyl sites for hydroxylation is 2. The zero-order chi connectivity index (χ0) is 22.6. The molecule has 2 radical (unpaired) electrons. The van der Waals surface area contributed by atoms with E-state index >= 15 is 0 Å². The van der Waals surface area contributed by atoms with Crippen molar-refractivity contribution in [2.24, 2.45) is 0 Å². The number of hydrogen-bond acceptors (Lipinski definition) is 4. The molecular formula is C26H36O4Si. The van der Waals surface area contributed by atoms with Crippen LogP contribution in [-0.2, 0) is 27.6 Å². The zero-order valence-electron chi connectivity index (χ0n) is 19.7. The summed E-state index contributed by atoms with van der Waals surface area (Å²) in [5.74, 6) is 0.703. The van der Waals surface area contributed by atoms with Crippen molar-refractivity contribution in [1.29, 1.82) is 0 Å². The Morgan fingerprint density at radius 3 is 2.16 bits per heavy atom. The Morgan fingerprint density at radius 2 is 1.58 bits per heavy atom. The molecule has 0 aromatic heterocycles. The maximum absolute atomic E-state index is 11.2. The van der Waals surface area contributed by atoms with Gasteiger partial charge in [0.2, 0.25) is 9.76 Å².